The van der Waals surface area contributed by atoms with Crippen LogP contribution in [0.1, 0.15) is 35.3 Å². The van der Waals surface area contributed by atoms with Gasteiger partial charge in [-0.05, 0) is 35.6 Å². The fraction of sp³-hybridized carbons (Fsp3) is 0.238. The molecule has 0 spiro atoms. The van der Waals surface area contributed by atoms with Gasteiger partial charge < -0.3 is 15.4 Å². The minimum absolute atomic E-state index is 0.0432. The van der Waals surface area contributed by atoms with Crippen molar-refractivity contribution >= 4 is 40.0 Å². The summed E-state index contributed by atoms with van der Waals surface area (Å²) in [7, 11) is 1.57. The molecule has 1 heterocycles. The van der Waals surface area contributed by atoms with E-state index in [2.05, 4.69) is 20.8 Å². The van der Waals surface area contributed by atoms with Gasteiger partial charge in [0.2, 0.25) is 11.0 Å². The molecule has 7 nitrogen and oxygen atoms in total. The normalized spacial score (nSPS) is 11.5. The van der Waals surface area contributed by atoms with E-state index in [1.165, 1.54) is 11.3 Å². The Labute approximate surface area is 183 Å². The Morgan fingerprint density at radius 2 is 1.93 bits per heavy atom. The van der Waals surface area contributed by atoms with Crippen molar-refractivity contribution in [1.82, 2.24) is 15.5 Å². The number of nitrogens with zero attached hydrogens (tertiary/aromatic N) is 2. The van der Waals surface area contributed by atoms with Crippen molar-refractivity contribution in [2.45, 2.75) is 23.7 Å². The maximum Gasteiger partial charge on any atom is 0.251 e. The summed E-state index contributed by atoms with van der Waals surface area (Å²) in [5.41, 5.74) is 1.30. The quantitative estimate of drug-likeness (QED) is 0.382. The Hall–Kier alpha value is -2.91. The predicted molar refractivity (Wildman–Crippen MR) is 119 cm³/mol. The van der Waals surface area contributed by atoms with Crippen LogP contribution in [0.5, 0.6) is 5.75 Å². The first-order valence-corrected chi connectivity index (χ1v) is 11.1. The van der Waals surface area contributed by atoms with Crippen molar-refractivity contribution in [1.29, 1.82) is 0 Å². The fourth-order valence-electron chi connectivity index (χ4n) is 2.74. The van der Waals surface area contributed by atoms with E-state index in [1.807, 2.05) is 37.3 Å². The van der Waals surface area contributed by atoms with Gasteiger partial charge in [0, 0.05) is 5.56 Å². The number of amides is 2. The number of hydrogen-bond donors (Lipinski definition) is 2. The molecular weight excluding hydrogens is 420 g/mol. The van der Waals surface area contributed by atoms with Crippen LogP contribution < -0.4 is 15.4 Å². The molecule has 3 aromatic rings. The molecule has 3 rings (SSSR count). The van der Waals surface area contributed by atoms with Gasteiger partial charge in [-0.3, -0.25) is 9.59 Å². The Bertz CT molecular complexity index is 995. The number of ether oxygens (including phenoxy) is 1. The molecule has 1 atom stereocenters. The predicted octanol–water partition coefficient (Wildman–Crippen LogP) is 4.16. The molecule has 2 amide bonds. The average Bonchev–Trinajstić information content (AvgIpc) is 3.20. The highest BCUT2D eigenvalue weighted by Gasteiger charge is 2.21. The number of carbonyl (C=O) groups excluding carboxylic acids is 2. The van der Waals surface area contributed by atoms with Crippen molar-refractivity contribution in [2.75, 3.05) is 18.2 Å². The summed E-state index contributed by atoms with van der Waals surface area (Å²) in [4.78, 5) is 25.4. The van der Waals surface area contributed by atoms with E-state index in [4.69, 9.17) is 4.74 Å². The maximum atomic E-state index is 12.7. The van der Waals surface area contributed by atoms with Crippen LogP contribution in [0.2, 0.25) is 0 Å². The monoisotopic (exact) mass is 442 g/mol. The molecule has 0 unspecified atom stereocenters. The molecule has 9 heteroatoms. The second-order valence-corrected chi connectivity index (χ2v) is 8.72. The van der Waals surface area contributed by atoms with Gasteiger partial charge in [-0.1, -0.05) is 60.4 Å². The van der Waals surface area contributed by atoms with E-state index >= 15 is 0 Å². The molecule has 30 heavy (non-hydrogen) atoms. The second-order valence-electron chi connectivity index (χ2n) is 6.23. The molecule has 0 saturated heterocycles. The summed E-state index contributed by atoms with van der Waals surface area (Å²) in [6.45, 7) is 2.03. The van der Waals surface area contributed by atoms with E-state index in [1.54, 1.807) is 43.1 Å². The number of nitrogens with one attached hydrogen (secondary N) is 2. The standard InChI is InChI=1S/C21H22N4O3S2/c1-3-29-21-25-24-20(30-21)23-18(26)13-17(15-10-7-11-16(12-15)28-2)22-19(27)14-8-5-4-6-9-14/h4-12,17H,3,13H2,1-2H3,(H,22,27)(H,23,24,26)/t17-/m0/s1. The molecular formula is C21H22N4O3S2. The molecule has 0 saturated carbocycles. The molecule has 1 aromatic heterocycles. The van der Waals surface area contributed by atoms with Crippen LogP contribution in [-0.4, -0.2) is 34.9 Å². The van der Waals surface area contributed by atoms with Crippen LogP contribution in [0.15, 0.2) is 58.9 Å². The second kappa shape index (κ2) is 10.7. The zero-order valence-electron chi connectivity index (χ0n) is 16.6. The van der Waals surface area contributed by atoms with Crippen LogP contribution >= 0.6 is 23.1 Å². The van der Waals surface area contributed by atoms with E-state index in [-0.39, 0.29) is 18.2 Å². The minimum Gasteiger partial charge on any atom is -0.497 e. The molecule has 0 fully saturated rings. The molecule has 2 aromatic carbocycles. The highest BCUT2D eigenvalue weighted by molar-refractivity contribution is 8.01. The van der Waals surface area contributed by atoms with Gasteiger partial charge in [-0.15, -0.1) is 10.2 Å². The van der Waals surface area contributed by atoms with Crippen LogP contribution in [-0.2, 0) is 4.79 Å². The van der Waals surface area contributed by atoms with Gasteiger partial charge in [-0.25, -0.2) is 0 Å². The lowest BCUT2D eigenvalue weighted by atomic mass is 10.0. The van der Waals surface area contributed by atoms with Gasteiger partial charge in [-0.2, -0.15) is 0 Å². The topological polar surface area (TPSA) is 93.2 Å². The van der Waals surface area contributed by atoms with E-state index in [0.717, 1.165) is 15.7 Å². The molecule has 156 valence electrons. The summed E-state index contributed by atoms with van der Waals surface area (Å²) in [6.07, 6.45) is 0.0432. The Morgan fingerprint density at radius 3 is 2.67 bits per heavy atom. The molecule has 2 N–H and O–H groups in total. The minimum atomic E-state index is -0.537. The molecule has 0 radical (unpaired) electrons. The number of hydrogen-bond acceptors (Lipinski definition) is 7. The zero-order chi connectivity index (χ0) is 21.3. The molecule has 0 aliphatic heterocycles. The van der Waals surface area contributed by atoms with Crippen LogP contribution in [0.25, 0.3) is 0 Å². The van der Waals surface area contributed by atoms with Gasteiger partial charge in [0.15, 0.2) is 4.34 Å². The van der Waals surface area contributed by atoms with Gasteiger partial charge in [0.05, 0.1) is 19.6 Å². The lowest BCUT2D eigenvalue weighted by Crippen LogP contribution is -2.31. The summed E-state index contributed by atoms with van der Waals surface area (Å²) in [6, 6.07) is 15.7. The number of thioether (sulfide) groups is 1. The van der Waals surface area contributed by atoms with Crippen molar-refractivity contribution in [3.63, 3.8) is 0 Å². The van der Waals surface area contributed by atoms with Crippen molar-refractivity contribution in [3.8, 4) is 5.75 Å². The Kier molecular flexibility index (Phi) is 7.81. The largest absolute Gasteiger partial charge is 0.497 e. The first-order valence-electron chi connectivity index (χ1n) is 9.35. The maximum absolute atomic E-state index is 12.7. The van der Waals surface area contributed by atoms with Crippen molar-refractivity contribution in [3.05, 3.63) is 65.7 Å². The summed E-state index contributed by atoms with van der Waals surface area (Å²) >= 11 is 2.89. The SMILES string of the molecule is CCSc1nnc(NC(=O)C[C@H](NC(=O)c2ccccc2)c2cccc(OC)c2)s1. The number of benzene rings is 2. The first-order chi connectivity index (χ1) is 14.6. The van der Waals surface area contributed by atoms with Crippen LogP contribution in [0.4, 0.5) is 5.13 Å². The number of anilines is 1. The smallest absolute Gasteiger partial charge is 0.251 e. The highest BCUT2D eigenvalue weighted by atomic mass is 32.2. The highest BCUT2D eigenvalue weighted by Crippen LogP contribution is 2.26. The first kappa shape index (κ1) is 21.8. The zero-order valence-corrected chi connectivity index (χ0v) is 18.3. The number of aromatic nitrogens is 2. The number of methoxy groups -OCH3 is 1. The van der Waals surface area contributed by atoms with Crippen molar-refractivity contribution < 1.29 is 14.3 Å². The average molecular weight is 443 g/mol. The van der Waals surface area contributed by atoms with E-state index in [9.17, 15) is 9.59 Å². The lowest BCUT2D eigenvalue weighted by Gasteiger charge is -2.19. The fourth-order valence-corrected chi connectivity index (χ4v) is 4.40. The van der Waals surface area contributed by atoms with Gasteiger partial charge in [0.1, 0.15) is 5.75 Å². The third kappa shape index (κ3) is 6.04. The lowest BCUT2D eigenvalue weighted by molar-refractivity contribution is -0.116. The van der Waals surface area contributed by atoms with Crippen LogP contribution in [0, 0.1) is 0 Å². The Balaban J connectivity index is 1.75. The molecule has 0 aliphatic carbocycles. The third-order valence-electron chi connectivity index (χ3n) is 4.15. The summed E-state index contributed by atoms with van der Waals surface area (Å²) < 4.78 is 6.09. The molecule has 0 bridgehead atoms. The third-order valence-corrected chi connectivity index (χ3v) is 6.00. The van der Waals surface area contributed by atoms with Crippen molar-refractivity contribution in [2.24, 2.45) is 0 Å². The summed E-state index contributed by atoms with van der Waals surface area (Å²) in [5.74, 6) is 1.01. The van der Waals surface area contributed by atoms with Gasteiger partial charge in [0.25, 0.3) is 5.91 Å². The van der Waals surface area contributed by atoms with E-state index < -0.39 is 6.04 Å². The number of carbonyl (C=O) groups is 2. The van der Waals surface area contributed by atoms with E-state index in [0.29, 0.717) is 16.4 Å². The Morgan fingerprint density at radius 1 is 1.13 bits per heavy atom. The molecule has 0 aliphatic rings. The van der Waals surface area contributed by atoms with Gasteiger partial charge >= 0.3 is 0 Å². The number of rotatable bonds is 9. The van der Waals surface area contributed by atoms with Crippen LogP contribution in [0.3, 0.4) is 0 Å². The summed E-state index contributed by atoms with van der Waals surface area (Å²) in [5, 5.41) is 14.2.